The summed E-state index contributed by atoms with van der Waals surface area (Å²) in [5, 5.41) is 8.60. The van der Waals surface area contributed by atoms with Crippen molar-refractivity contribution in [3.05, 3.63) is 30.1 Å². The molecule has 0 unspecified atom stereocenters. The number of hydrogen-bond donors (Lipinski definition) is 2. The molecule has 23 heavy (non-hydrogen) atoms. The molecule has 2 amide bonds. The van der Waals surface area contributed by atoms with Crippen molar-refractivity contribution < 1.29 is 23.6 Å². The molecule has 2 aromatic rings. The van der Waals surface area contributed by atoms with Crippen molar-refractivity contribution in [2.75, 3.05) is 27.3 Å². The molecule has 1 aromatic carbocycles. The topological polar surface area (TPSA) is 116 Å². The maximum Gasteiger partial charge on any atom is 0.406 e. The van der Waals surface area contributed by atoms with Crippen LogP contribution in [0, 0.1) is 0 Å². The fourth-order valence-electron chi connectivity index (χ4n) is 1.68. The highest BCUT2D eigenvalue weighted by molar-refractivity contribution is 5.90. The molecule has 122 valence electrons. The summed E-state index contributed by atoms with van der Waals surface area (Å²) in [5.74, 6) is 0.248. The molecule has 2 N–H and O–H groups in total. The molecule has 0 radical (unpaired) electrons. The third-order valence-electron chi connectivity index (χ3n) is 2.81. The fourth-order valence-corrected chi connectivity index (χ4v) is 1.68. The van der Waals surface area contributed by atoms with Gasteiger partial charge >= 0.3 is 6.09 Å². The number of nitrogens with zero attached hydrogens (tertiary/aromatic N) is 2. The van der Waals surface area contributed by atoms with E-state index in [1.165, 1.54) is 7.11 Å². The van der Waals surface area contributed by atoms with Crippen LogP contribution >= 0.6 is 0 Å². The van der Waals surface area contributed by atoms with Crippen molar-refractivity contribution in [1.82, 2.24) is 20.8 Å². The molecule has 0 atom stereocenters. The van der Waals surface area contributed by atoms with E-state index in [1.54, 1.807) is 31.4 Å². The molecular weight excluding hydrogens is 304 g/mol. The second-order valence-electron chi connectivity index (χ2n) is 4.33. The van der Waals surface area contributed by atoms with Crippen LogP contribution in [0.2, 0.25) is 0 Å². The van der Waals surface area contributed by atoms with Gasteiger partial charge in [0, 0.05) is 18.7 Å². The van der Waals surface area contributed by atoms with E-state index < -0.39 is 12.0 Å². The van der Waals surface area contributed by atoms with E-state index >= 15 is 0 Å². The Labute approximate surface area is 132 Å². The van der Waals surface area contributed by atoms with E-state index in [0.29, 0.717) is 11.3 Å². The predicted molar refractivity (Wildman–Crippen MR) is 79.0 cm³/mol. The van der Waals surface area contributed by atoms with Crippen LogP contribution in [0.4, 0.5) is 4.79 Å². The van der Waals surface area contributed by atoms with Gasteiger partial charge in [0.25, 0.3) is 17.6 Å². The fraction of sp³-hybridized carbons (Fsp3) is 0.286. The van der Waals surface area contributed by atoms with E-state index in [9.17, 15) is 9.59 Å². The largest absolute Gasteiger partial charge is 0.497 e. The highest BCUT2D eigenvalue weighted by Crippen LogP contribution is 2.21. The molecule has 1 heterocycles. The van der Waals surface area contributed by atoms with Crippen LogP contribution in [0.3, 0.4) is 0 Å². The minimum absolute atomic E-state index is 0.0964. The van der Waals surface area contributed by atoms with E-state index in [2.05, 4.69) is 25.5 Å². The van der Waals surface area contributed by atoms with Gasteiger partial charge < -0.3 is 24.6 Å². The lowest BCUT2D eigenvalue weighted by Crippen LogP contribution is -2.34. The van der Waals surface area contributed by atoms with Crippen LogP contribution in [0.15, 0.2) is 28.8 Å². The first-order valence-corrected chi connectivity index (χ1v) is 6.72. The molecule has 0 bridgehead atoms. The summed E-state index contributed by atoms with van der Waals surface area (Å²) < 4.78 is 14.6. The molecule has 9 nitrogen and oxygen atoms in total. The Balaban J connectivity index is 1.93. The van der Waals surface area contributed by atoms with Gasteiger partial charge in [-0.2, -0.15) is 4.98 Å². The molecule has 0 spiro atoms. The zero-order valence-corrected chi connectivity index (χ0v) is 12.7. The van der Waals surface area contributed by atoms with Crippen molar-refractivity contribution >= 4 is 12.0 Å². The summed E-state index contributed by atoms with van der Waals surface area (Å²) in [4.78, 5) is 26.7. The first-order chi connectivity index (χ1) is 11.1. The summed E-state index contributed by atoms with van der Waals surface area (Å²) >= 11 is 0. The van der Waals surface area contributed by atoms with Gasteiger partial charge in [0.2, 0.25) is 0 Å². The number of carbonyl (C=O) groups is 2. The molecule has 0 aliphatic carbocycles. The molecule has 0 fully saturated rings. The average molecular weight is 320 g/mol. The number of nitrogens with one attached hydrogen (secondary N) is 2. The van der Waals surface area contributed by atoms with Gasteiger partial charge in [-0.25, -0.2) is 4.79 Å². The Morgan fingerprint density at radius 2 is 2.00 bits per heavy atom. The van der Waals surface area contributed by atoms with Gasteiger partial charge in [-0.3, -0.25) is 4.79 Å². The Kier molecular flexibility index (Phi) is 5.50. The third-order valence-corrected chi connectivity index (χ3v) is 2.81. The maximum absolute atomic E-state index is 11.9. The molecule has 0 saturated carbocycles. The molecule has 0 aliphatic rings. The smallest absolute Gasteiger partial charge is 0.406 e. The van der Waals surface area contributed by atoms with E-state index in [4.69, 9.17) is 9.26 Å². The Hall–Kier alpha value is -3.10. The zero-order chi connectivity index (χ0) is 16.7. The molecule has 0 saturated heterocycles. The lowest BCUT2D eigenvalue weighted by Gasteiger charge is -2.03. The maximum atomic E-state index is 11.9. The van der Waals surface area contributed by atoms with Crippen molar-refractivity contribution in [3.63, 3.8) is 0 Å². The van der Waals surface area contributed by atoms with E-state index in [0.717, 1.165) is 0 Å². The number of alkyl carbamates (subject to hydrolysis) is 1. The van der Waals surface area contributed by atoms with Crippen LogP contribution in [0.25, 0.3) is 11.5 Å². The summed E-state index contributed by atoms with van der Waals surface area (Å²) in [5.41, 5.74) is 0.642. The second kappa shape index (κ2) is 7.78. The van der Waals surface area contributed by atoms with Crippen molar-refractivity contribution in [3.8, 4) is 17.2 Å². The van der Waals surface area contributed by atoms with Gasteiger partial charge in [-0.1, -0.05) is 11.2 Å². The van der Waals surface area contributed by atoms with Crippen LogP contribution in [0.5, 0.6) is 5.75 Å². The van der Waals surface area contributed by atoms with E-state index in [1.807, 2.05) is 0 Å². The normalized spacial score (nSPS) is 10.0. The lowest BCUT2D eigenvalue weighted by atomic mass is 10.2. The van der Waals surface area contributed by atoms with Crippen LogP contribution in [-0.2, 0) is 4.74 Å². The highest BCUT2D eigenvalue weighted by atomic mass is 16.5. The molecular formula is C14H16N4O5. The average Bonchev–Trinajstić information content (AvgIpc) is 3.08. The monoisotopic (exact) mass is 320 g/mol. The summed E-state index contributed by atoms with van der Waals surface area (Å²) in [6.07, 6.45) is -0.570. The number of aromatic nitrogens is 2. The molecule has 0 aliphatic heterocycles. The van der Waals surface area contributed by atoms with Gasteiger partial charge in [-0.15, -0.1) is 0 Å². The van der Waals surface area contributed by atoms with Crippen molar-refractivity contribution in [2.24, 2.45) is 0 Å². The van der Waals surface area contributed by atoms with E-state index in [-0.39, 0.29) is 24.8 Å². The minimum Gasteiger partial charge on any atom is -0.497 e. The lowest BCUT2D eigenvalue weighted by molar-refractivity contribution is 0.0939. The van der Waals surface area contributed by atoms with Crippen LogP contribution < -0.4 is 15.4 Å². The number of rotatable bonds is 6. The first kappa shape index (κ1) is 16.3. The number of methoxy groups -OCH3 is 2. The SMILES string of the molecule is COC(=O)NCCNC(=O)c1noc(-c2cccc(OC)c2)n1. The van der Waals surface area contributed by atoms with Crippen LogP contribution in [0.1, 0.15) is 10.6 Å². The number of ether oxygens (including phenoxy) is 2. The number of hydrogen-bond acceptors (Lipinski definition) is 7. The number of carbonyl (C=O) groups excluding carboxylic acids is 2. The van der Waals surface area contributed by atoms with Gasteiger partial charge in [-0.05, 0) is 18.2 Å². The highest BCUT2D eigenvalue weighted by Gasteiger charge is 2.15. The zero-order valence-electron chi connectivity index (χ0n) is 12.7. The summed E-state index contributed by atoms with van der Waals surface area (Å²) in [7, 11) is 2.81. The molecule has 9 heteroatoms. The number of benzene rings is 1. The Morgan fingerprint density at radius 3 is 2.74 bits per heavy atom. The summed E-state index contributed by atoms with van der Waals surface area (Å²) in [6.45, 7) is 0.427. The van der Waals surface area contributed by atoms with Gasteiger partial charge in [0.1, 0.15) is 5.75 Å². The van der Waals surface area contributed by atoms with Gasteiger partial charge in [0.15, 0.2) is 0 Å². The minimum atomic E-state index is -0.570. The first-order valence-electron chi connectivity index (χ1n) is 6.72. The van der Waals surface area contributed by atoms with Crippen LogP contribution in [-0.4, -0.2) is 49.5 Å². The van der Waals surface area contributed by atoms with Gasteiger partial charge in [0.05, 0.1) is 14.2 Å². The standard InChI is InChI=1S/C14H16N4O5/c1-21-10-5-3-4-9(8-10)13-17-11(18-23-13)12(19)15-6-7-16-14(20)22-2/h3-5,8H,6-7H2,1-2H3,(H,15,19)(H,16,20). The number of amides is 2. The van der Waals surface area contributed by atoms with Crippen molar-refractivity contribution in [2.45, 2.75) is 0 Å². The Morgan fingerprint density at radius 1 is 1.22 bits per heavy atom. The quantitative estimate of drug-likeness (QED) is 0.757. The molecule has 2 rings (SSSR count). The summed E-state index contributed by atoms with van der Waals surface area (Å²) in [6, 6.07) is 7.03. The molecule has 1 aromatic heterocycles. The predicted octanol–water partition coefficient (Wildman–Crippen LogP) is 0.831. The Bertz CT molecular complexity index is 685. The van der Waals surface area contributed by atoms with Crippen molar-refractivity contribution in [1.29, 1.82) is 0 Å². The second-order valence-corrected chi connectivity index (χ2v) is 4.33. The third kappa shape index (κ3) is 4.43.